The van der Waals surface area contributed by atoms with E-state index >= 15 is 0 Å². The molecular weight excluding hydrogens is 462 g/mol. The molecule has 1 unspecified atom stereocenters. The zero-order valence-corrected chi connectivity index (χ0v) is 19.8. The molecule has 0 saturated heterocycles. The number of carbonyl (C=O) groups is 1. The molecule has 0 fully saturated rings. The van der Waals surface area contributed by atoms with E-state index in [0.717, 1.165) is 35.0 Å². The molecule has 8 nitrogen and oxygen atoms in total. The smallest absolute Gasteiger partial charge is 0.288 e. The Bertz CT molecular complexity index is 1140. The van der Waals surface area contributed by atoms with Crippen molar-refractivity contribution in [3.8, 4) is 6.19 Å². The highest BCUT2D eigenvalue weighted by molar-refractivity contribution is 8.15. The molecular formula is C23H24F2N6O2S. The van der Waals surface area contributed by atoms with Gasteiger partial charge in [0.05, 0.1) is 7.11 Å². The van der Waals surface area contributed by atoms with Gasteiger partial charge in [0.1, 0.15) is 27.4 Å². The number of urea groups is 1. The van der Waals surface area contributed by atoms with Gasteiger partial charge in [-0.25, -0.2) is 18.6 Å². The topological polar surface area (TPSA) is 96.0 Å². The van der Waals surface area contributed by atoms with Gasteiger partial charge in [0.25, 0.3) is 0 Å². The average molecular weight is 487 g/mol. The number of halogens is 2. The van der Waals surface area contributed by atoms with E-state index in [0.29, 0.717) is 18.4 Å². The van der Waals surface area contributed by atoms with Crippen LogP contribution in [0.25, 0.3) is 0 Å². The van der Waals surface area contributed by atoms with Crippen LogP contribution in [0.1, 0.15) is 30.9 Å². The fourth-order valence-electron chi connectivity index (χ4n) is 3.52. The average Bonchev–Trinajstić information content (AvgIpc) is 3.23. The Morgan fingerprint density at radius 1 is 1.29 bits per heavy atom. The lowest BCUT2D eigenvalue weighted by Gasteiger charge is -2.37. The number of nitrogens with one attached hydrogen (secondary N) is 1. The van der Waals surface area contributed by atoms with Crippen LogP contribution in [0, 0.1) is 28.5 Å². The quantitative estimate of drug-likeness (QED) is 0.201. The molecule has 1 aliphatic heterocycles. The molecule has 2 aromatic rings. The summed E-state index contributed by atoms with van der Waals surface area (Å²) in [4.78, 5) is 18.5. The Labute approximate surface area is 200 Å². The van der Waals surface area contributed by atoms with Gasteiger partial charge in [0.2, 0.25) is 0 Å². The van der Waals surface area contributed by atoms with Crippen LogP contribution in [0.15, 0.2) is 53.6 Å². The third kappa shape index (κ3) is 5.03. The van der Waals surface area contributed by atoms with Gasteiger partial charge >= 0.3 is 6.03 Å². The molecule has 0 bridgehead atoms. The van der Waals surface area contributed by atoms with Crippen LogP contribution in [-0.4, -0.2) is 52.6 Å². The number of carbonyl (C=O) groups excluding carboxylic acids is 1. The van der Waals surface area contributed by atoms with Crippen molar-refractivity contribution >= 4 is 28.7 Å². The first-order valence-electron chi connectivity index (χ1n) is 10.4. The number of amidine groups is 1. The van der Waals surface area contributed by atoms with Gasteiger partial charge in [-0.15, -0.1) is 0 Å². The van der Waals surface area contributed by atoms with E-state index < -0.39 is 22.5 Å². The Hall–Kier alpha value is -3.49. The van der Waals surface area contributed by atoms with Gasteiger partial charge in [-0.2, -0.15) is 15.4 Å². The number of hydroxylamine groups is 2. The second-order valence-corrected chi connectivity index (χ2v) is 8.76. The molecule has 0 aliphatic carbocycles. The van der Waals surface area contributed by atoms with E-state index in [2.05, 4.69) is 5.10 Å². The fraction of sp³-hybridized carbons (Fsp3) is 0.304. The molecule has 1 aliphatic rings. The van der Waals surface area contributed by atoms with Gasteiger partial charge in [-0.05, 0) is 43.5 Å². The highest BCUT2D eigenvalue weighted by Crippen LogP contribution is 2.51. The lowest BCUT2D eigenvalue weighted by molar-refractivity contribution is -0.0805. The normalized spacial score (nSPS) is 17.2. The minimum absolute atomic E-state index is 0.0605. The van der Waals surface area contributed by atoms with Crippen LogP contribution >= 0.6 is 11.8 Å². The highest BCUT2D eigenvalue weighted by atomic mass is 32.2. The van der Waals surface area contributed by atoms with Crippen LogP contribution in [0.5, 0.6) is 0 Å². The number of hydrazone groups is 1. The molecule has 0 spiro atoms. The molecule has 0 aromatic heterocycles. The largest absolute Gasteiger partial charge is 0.365 e. The summed E-state index contributed by atoms with van der Waals surface area (Å²) in [6, 6.07) is 11.6. The molecule has 2 amide bonds. The van der Waals surface area contributed by atoms with Crippen LogP contribution in [0.4, 0.5) is 13.6 Å². The minimum Gasteiger partial charge on any atom is -0.288 e. The van der Waals surface area contributed by atoms with E-state index in [-0.39, 0.29) is 23.0 Å². The fourth-order valence-corrected chi connectivity index (χ4v) is 4.94. The Kier molecular flexibility index (Phi) is 7.86. The van der Waals surface area contributed by atoms with Crippen molar-refractivity contribution < 1.29 is 18.4 Å². The number of thioether (sulfide) groups is 1. The van der Waals surface area contributed by atoms with Crippen LogP contribution in [0.3, 0.4) is 0 Å². The maximum Gasteiger partial charge on any atom is 0.365 e. The van der Waals surface area contributed by atoms with Crippen LogP contribution in [0.2, 0.25) is 0 Å². The summed E-state index contributed by atoms with van der Waals surface area (Å²) >= 11 is 1.13. The number of benzene rings is 2. The van der Waals surface area contributed by atoms with Crippen molar-refractivity contribution in [3.05, 3.63) is 71.3 Å². The van der Waals surface area contributed by atoms with Crippen molar-refractivity contribution in [2.24, 2.45) is 5.10 Å². The predicted molar refractivity (Wildman–Crippen MR) is 126 cm³/mol. The Morgan fingerprint density at radius 2 is 2.00 bits per heavy atom. The van der Waals surface area contributed by atoms with Crippen molar-refractivity contribution in [1.82, 2.24) is 15.0 Å². The third-order valence-electron chi connectivity index (χ3n) is 5.33. The first-order chi connectivity index (χ1) is 16.2. The summed E-state index contributed by atoms with van der Waals surface area (Å²) in [5.41, 5.74) is 0.651. The minimum atomic E-state index is -1.13. The standard InChI is InChI=1S/C23H24F2N6O2S/c1-16(27)30(15-26)13-7-12-23(17-8-5-4-6-9-17)31(22(32)29(2)33-3)28-21(34-23)19-14-18(24)10-11-20(19)25/h4-6,8-11,14,27H,7,12-13H2,1-3H3. The monoisotopic (exact) mass is 486 g/mol. The van der Waals surface area contributed by atoms with Gasteiger partial charge in [0.15, 0.2) is 6.19 Å². The van der Waals surface area contributed by atoms with Gasteiger partial charge < -0.3 is 0 Å². The second-order valence-electron chi connectivity index (χ2n) is 7.50. The lowest BCUT2D eigenvalue weighted by Crippen LogP contribution is -2.47. The molecule has 178 valence electrons. The molecule has 1 atom stereocenters. The third-order valence-corrected chi connectivity index (χ3v) is 6.77. The van der Waals surface area contributed by atoms with Gasteiger partial charge in [0, 0.05) is 19.2 Å². The molecule has 1 heterocycles. The van der Waals surface area contributed by atoms with Crippen molar-refractivity contribution in [1.29, 1.82) is 10.7 Å². The van der Waals surface area contributed by atoms with Gasteiger partial charge in [-0.3, -0.25) is 15.1 Å². The summed E-state index contributed by atoms with van der Waals surface area (Å²) in [6.45, 7) is 1.75. The van der Waals surface area contributed by atoms with Crippen molar-refractivity contribution in [2.45, 2.75) is 24.6 Å². The van der Waals surface area contributed by atoms with Crippen LogP contribution < -0.4 is 0 Å². The predicted octanol–water partition coefficient (Wildman–Crippen LogP) is 4.70. The molecule has 0 radical (unpaired) electrons. The Balaban J connectivity index is 2.09. The maximum atomic E-state index is 14.7. The Morgan fingerprint density at radius 3 is 2.62 bits per heavy atom. The summed E-state index contributed by atoms with van der Waals surface area (Å²) in [5.74, 6) is -1.20. The molecule has 0 saturated carbocycles. The van der Waals surface area contributed by atoms with Crippen LogP contribution in [-0.2, 0) is 9.71 Å². The number of amides is 2. The first kappa shape index (κ1) is 25.1. The highest BCUT2D eigenvalue weighted by Gasteiger charge is 2.49. The molecule has 1 N–H and O–H groups in total. The van der Waals surface area contributed by atoms with E-state index in [1.165, 1.54) is 31.0 Å². The van der Waals surface area contributed by atoms with E-state index in [1.54, 1.807) is 0 Å². The molecule has 3 rings (SSSR count). The molecule has 11 heteroatoms. The number of hydrogen-bond donors (Lipinski definition) is 1. The van der Waals surface area contributed by atoms with E-state index in [4.69, 9.17) is 10.2 Å². The summed E-state index contributed by atoms with van der Waals surface area (Å²) in [5, 5.41) is 23.8. The summed E-state index contributed by atoms with van der Waals surface area (Å²) < 4.78 is 28.6. The summed E-state index contributed by atoms with van der Waals surface area (Å²) in [7, 11) is 2.76. The van der Waals surface area contributed by atoms with Crippen molar-refractivity contribution in [2.75, 3.05) is 20.7 Å². The number of hydrogen-bond acceptors (Lipinski definition) is 6. The van der Waals surface area contributed by atoms with E-state index in [1.807, 2.05) is 36.5 Å². The lowest BCUT2D eigenvalue weighted by atomic mass is 10.00. The second kappa shape index (κ2) is 10.6. The zero-order chi connectivity index (χ0) is 24.9. The van der Waals surface area contributed by atoms with Gasteiger partial charge in [-0.1, -0.05) is 42.1 Å². The number of nitriles is 1. The molecule has 34 heavy (non-hydrogen) atoms. The SMILES string of the molecule is CON(C)C(=O)N1N=C(c2cc(F)ccc2F)SC1(CCCN(C#N)C(C)=N)c1ccccc1. The molecule has 2 aromatic carbocycles. The first-order valence-corrected chi connectivity index (χ1v) is 11.2. The van der Waals surface area contributed by atoms with E-state index in [9.17, 15) is 18.8 Å². The zero-order valence-electron chi connectivity index (χ0n) is 19.0. The number of rotatable bonds is 7. The van der Waals surface area contributed by atoms with Crippen molar-refractivity contribution in [3.63, 3.8) is 0 Å². The summed E-state index contributed by atoms with van der Waals surface area (Å²) in [6.07, 6.45) is 2.67. The maximum absolute atomic E-state index is 14.7. The number of nitrogens with zero attached hydrogens (tertiary/aromatic N) is 5.